The molecule has 0 amide bonds. The Labute approximate surface area is 108 Å². The maximum absolute atomic E-state index is 12.3. The monoisotopic (exact) mass is 238 g/mol. The summed E-state index contributed by atoms with van der Waals surface area (Å²) in [6, 6.07) is 15.6. The van der Waals surface area contributed by atoms with Crippen LogP contribution in [0.5, 0.6) is 0 Å². The van der Waals surface area contributed by atoms with E-state index >= 15 is 0 Å². The van der Waals surface area contributed by atoms with E-state index in [1.165, 1.54) is 5.56 Å². The standard InChI is InChI=1S/C17H18O/c1-3-7-14-10-11-16(13(2)12-14)17(18)15-8-5-4-6-9-15/h4-6,8-12H,3,7H2,1-2H3. The number of aryl methyl sites for hydroxylation is 2. The van der Waals surface area contributed by atoms with Crippen LogP contribution in [-0.2, 0) is 6.42 Å². The minimum absolute atomic E-state index is 0.108. The Morgan fingerprint density at radius 3 is 2.39 bits per heavy atom. The molecule has 0 N–H and O–H groups in total. The topological polar surface area (TPSA) is 17.1 Å². The van der Waals surface area contributed by atoms with Crippen LogP contribution in [0.1, 0.15) is 40.4 Å². The maximum atomic E-state index is 12.3. The van der Waals surface area contributed by atoms with Gasteiger partial charge in [-0.2, -0.15) is 0 Å². The van der Waals surface area contributed by atoms with Crippen molar-refractivity contribution in [3.05, 3.63) is 70.8 Å². The van der Waals surface area contributed by atoms with E-state index in [0.29, 0.717) is 0 Å². The first-order valence-corrected chi connectivity index (χ1v) is 6.41. The zero-order chi connectivity index (χ0) is 13.0. The van der Waals surface area contributed by atoms with Gasteiger partial charge < -0.3 is 0 Å². The summed E-state index contributed by atoms with van der Waals surface area (Å²) in [6.07, 6.45) is 2.20. The Bertz CT molecular complexity index is 541. The molecule has 0 atom stereocenters. The molecule has 0 fully saturated rings. The quantitative estimate of drug-likeness (QED) is 0.730. The van der Waals surface area contributed by atoms with Crippen molar-refractivity contribution in [1.82, 2.24) is 0 Å². The predicted molar refractivity (Wildman–Crippen MR) is 75.0 cm³/mol. The highest BCUT2D eigenvalue weighted by Crippen LogP contribution is 2.16. The van der Waals surface area contributed by atoms with Gasteiger partial charge in [-0.1, -0.05) is 61.9 Å². The molecule has 0 aromatic heterocycles. The van der Waals surface area contributed by atoms with E-state index in [4.69, 9.17) is 0 Å². The number of carbonyl (C=O) groups excluding carboxylic acids is 1. The minimum atomic E-state index is 0.108. The first-order valence-electron chi connectivity index (χ1n) is 6.41. The molecule has 1 heteroatoms. The zero-order valence-electron chi connectivity index (χ0n) is 10.9. The number of hydrogen-bond donors (Lipinski definition) is 0. The molecule has 18 heavy (non-hydrogen) atoms. The van der Waals surface area contributed by atoms with Crippen molar-refractivity contribution in [2.24, 2.45) is 0 Å². The molecular formula is C17H18O. The van der Waals surface area contributed by atoms with Crippen molar-refractivity contribution in [1.29, 1.82) is 0 Å². The van der Waals surface area contributed by atoms with Gasteiger partial charge in [0.25, 0.3) is 0 Å². The lowest BCUT2D eigenvalue weighted by Gasteiger charge is -2.07. The Kier molecular flexibility index (Phi) is 3.93. The van der Waals surface area contributed by atoms with Gasteiger partial charge in [-0.15, -0.1) is 0 Å². The van der Waals surface area contributed by atoms with E-state index in [1.54, 1.807) is 0 Å². The molecule has 1 nitrogen and oxygen atoms in total. The molecule has 0 spiro atoms. The van der Waals surface area contributed by atoms with Gasteiger partial charge in [-0.05, 0) is 24.5 Å². The molecule has 0 radical (unpaired) electrons. The summed E-state index contributed by atoms with van der Waals surface area (Å²) < 4.78 is 0. The fourth-order valence-electron chi connectivity index (χ4n) is 2.17. The number of carbonyl (C=O) groups is 1. The number of ketones is 1. The molecule has 0 saturated carbocycles. The van der Waals surface area contributed by atoms with Gasteiger partial charge in [-0.25, -0.2) is 0 Å². The van der Waals surface area contributed by atoms with Crippen LogP contribution in [0, 0.1) is 6.92 Å². The summed E-state index contributed by atoms with van der Waals surface area (Å²) in [6.45, 7) is 4.17. The van der Waals surface area contributed by atoms with E-state index in [0.717, 1.165) is 29.5 Å². The van der Waals surface area contributed by atoms with Gasteiger partial charge in [0.1, 0.15) is 0 Å². The zero-order valence-corrected chi connectivity index (χ0v) is 10.9. The highest BCUT2D eigenvalue weighted by Gasteiger charge is 2.11. The second-order valence-electron chi connectivity index (χ2n) is 4.59. The van der Waals surface area contributed by atoms with Crippen LogP contribution in [0.2, 0.25) is 0 Å². The Balaban J connectivity index is 2.32. The van der Waals surface area contributed by atoms with Gasteiger partial charge in [0, 0.05) is 11.1 Å². The average molecular weight is 238 g/mol. The van der Waals surface area contributed by atoms with Crippen molar-refractivity contribution in [3.8, 4) is 0 Å². The Hall–Kier alpha value is -1.89. The number of benzene rings is 2. The lowest BCUT2D eigenvalue weighted by Crippen LogP contribution is -2.04. The molecule has 2 rings (SSSR count). The van der Waals surface area contributed by atoms with Crippen molar-refractivity contribution < 1.29 is 4.79 Å². The Morgan fingerprint density at radius 1 is 1.06 bits per heavy atom. The van der Waals surface area contributed by atoms with E-state index in [9.17, 15) is 4.79 Å². The van der Waals surface area contributed by atoms with Crippen molar-refractivity contribution in [2.75, 3.05) is 0 Å². The third-order valence-electron chi connectivity index (χ3n) is 3.11. The molecule has 2 aromatic carbocycles. The normalized spacial score (nSPS) is 10.3. The predicted octanol–water partition coefficient (Wildman–Crippen LogP) is 4.18. The highest BCUT2D eigenvalue weighted by molar-refractivity contribution is 6.09. The van der Waals surface area contributed by atoms with E-state index in [2.05, 4.69) is 19.1 Å². The molecule has 0 heterocycles. The SMILES string of the molecule is CCCc1ccc(C(=O)c2ccccc2)c(C)c1. The average Bonchev–Trinajstić information content (AvgIpc) is 2.40. The van der Waals surface area contributed by atoms with E-state index in [-0.39, 0.29) is 5.78 Å². The van der Waals surface area contributed by atoms with Gasteiger partial charge >= 0.3 is 0 Å². The lowest BCUT2D eigenvalue weighted by atomic mass is 9.96. The minimum Gasteiger partial charge on any atom is -0.289 e. The second kappa shape index (κ2) is 5.63. The van der Waals surface area contributed by atoms with Crippen LogP contribution in [-0.4, -0.2) is 5.78 Å². The first-order chi connectivity index (χ1) is 8.72. The van der Waals surface area contributed by atoms with Gasteiger partial charge in [0.2, 0.25) is 0 Å². The number of hydrogen-bond acceptors (Lipinski definition) is 1. The van der Waals surface area contributed by atoms with Crippen LogP contribution in [0.3, 0.4) is 0 Å². The molecule has 0 saturated heterocycles. The lowest BCUT2D eigenvalue weighted by molar-refractivity contribution is 0.103. The van der Waals surface area contributed by atoms with Crippen LogP contribution in [0.25, 0.3) is 0 Å². The molecular weight excluding hydrogens is 220 g/mol. The van der Waals surface area contributed by atoms with Crippen molar-refractivity contribution in [3.63, 3.8) is 0 Å². The van der Waals surface area contributed by atoms with Crippen LogP contribution in [0.4, 0.5) is 0 Å². The third kappa shape index (κ3) is 2.67. The maximum Gasteiger partial charge on any atom is 0.193 e. The van der Waals surface area contributed by atoms with Gasteiger partial charge in [0.15, 0.2) is 5.78 Å². The van der Waals surface area contributed by atoms with E-state index < -0.39 is 0 Å². The van der Waals surface area contributed by atoms with Crippen LogP contribution >= 0.6 is 0 Å². The highest BCUT2D eigenvalue weighted by atomic mass is 16.1. The smallest absolute Gasteiger partial charge is 0.193 e. The number of rotatable bonds is 4. The van der Waals surface area contributed by atoms with Gasteiger partial charge in [0.05, 0.1) is 0 Å². The Morgan fingerprint density at radius 2 is 1.78 bits per heavy atom. The third-order valence-corrected chi connectivity index (χ3v) is 3.11. The van der Waals surface area contributed by atoms with E-state index in [1.807, 2.05) is 43.3 Å². The second-order valence-corrected chi connectivity index (χ2v) is 4.59. The van der Waals surface area contributed by atoms with Crippen LogP contribution < -0.4 is 0 Å². The first kappa shape index (κ1) is 12.6. The van der Waals surface area contributed by atoms with Crippen LogP contribution in [0.15, 0.2) is 48.5 Å². The van der Waals surface area contributed by atoms with Crippen molar-refractivity contribution >= 4 is 5.78 Å². The largest absolute Gasteiger partial charge is 0.289 e. The molecule has 2 aromatic rings. The molecule has 0 aliphatic heterocycles. The summed E-state index contributed by atoms with van der Waals surface area (Å²) in [7, 11) is 0. The summed E-state index contributed by atoms with van der Waals surface area (Å²) in [5.41, 5.74) is 3.93. The molecule has 0 aliphatic rings. The molecule has 0 bridgehead atoms. The van der Waals surface area contributed by atoms with Crippen molar-refractivity contribution in [2.45, 2.75) is 26.7 Å². The summed E-state index contributed by atoms with van der Waals surface area (Å²) in [5, 5.41) is 0. The molecule has 0 aliphatic carbocycles. The fourth-order valence-corrected chi connectivity index (χ4v) is 2.17. The fraction of sp³-hybridized carbons (Fsp3) is 0.235. The summed E-state index contributed by atoms with van der Waals surface area (Å²) >= 11 is 0. The summed E-state index contributed by atoms with van der Waals surface area (Å²) in [5.74, 6) is 0.108. The van der Waals surface area contributed by atoms with Gasteiger partial charge in [-0.3, -0.25) is 4.79 Å². The molecule has 0 unspecified atom stereocenters. The molecule has 92 valence electrons. The summed E-state index contributed by atoms with van der Waals surface area (Å²) in [4.78, 5) is 12.3.